The molecule has 77 heavy (non-hydrogen) atoms. The lowest BCUT2D eigenvalue weighted by atomic mass is 9.96. The highest BCUT2D eigenvalue weighted by Gasteiger charge is 2.41. The predicted octanol–water partition coefficient (Wildman–Crippen LogP) is 2.22. The Morgan fingerprint density at radius 1 is 0.545 bits per heavy atom. The highest BCUT2D eigenvalue weighted by Crippen LogP contribution is 2.23. The van der Waals surface area contributed by atoms with Gasteiger partial charge in [0.1, 0.15) is 48.3 Å². The topological polar surface area (TPSA) is 274 Å². The summed E-state index contributed by atoms with van der Waals surface area (Å²) >= 11 is 0. The monoisotopic (exact) mass is 1100 g/mol. The molecule has 19 nitrogen and oxygen atoms in total. The molecular weight excluding hydrogens is 1020 g/mol. The van der Waals surface area contributed by atoms with Crippen molar-refractivity contribution in [3.8, 4) is 0 Å². The number of rotatable bonds is 16. The molecule has 0 aliphatic carbocycles. The number of nitrogens with zero attached hydrogens (tertiary/aromatic N) is 1. The highest BCUT2D eigenvalue weighted by atomic mass is 32.2. The van der Waals surface area contributed by atoms with Gasteiger partial charge in [0.25, 0.3) is 0 Å². The Morgan fingerprint density at radius 2 is 1.01 bits per heavy atom. The molecule has 21 heteroatoms. The number of carbonyl (C=O) groups is 8. The summed E-state index contributed by atoms with van der Waals surface area (Å²) in [5, 5.41) is 20.7. The van der Waals surface area contributed by atoms with Gasteiger partial charge in [0, 0.05) is 88.5 Å². The smallest absolute Gasteiger partial charge is 0.245 e. The summed E-state index contributed by atoms with van der Waals surface area (Å²) in [6, 6.07) is 15.2. The lowest BCUT2D eigenvalue weighted by Gasteiger charge is -2.32. The average Bonchev–Trinajstić information content (AvgIpc) is 4.07. The largest absolute Gasteiger partial charge is 0.361 e. The number of benzene rings is 3. The van der Waals surface area contributed by atoms with Crippen LogP contribution >= 0.6 is 0 Å². The van der Waals surface area contributed by atoms with Crippen molar-refractivity contribution in [3.05, 3.63) is 108 Å². The minimum atomic E-state index is -1.42. The zero-order chi connectivity index (χ0) is 55.8. The van der Waals surface area contributed by atoms with E-state index in [9.17, 15) is 46.8 Å². The van der Waals surface area contributed by atoms with Crippen LogP contribution in [0.4, 0.5) is 0 Å². The van der Waals surface area contributed by atoms with Crippen LogP contribution in [0.25, 0.3) is 10.9 Å². The van der Waals surface area contributed by atoms with Gasteiger partial charge in [0.2, 0.25) is 47.3 Å². The van der Waals surface area contributed by atoms with Crippen molar-refractivity contribution >= 4 is 79.8 Å². The number of nitrogens with one attached hydrogen (secondary N) is 8. The maximum atomic E-state index is 15.0. The van der Waals surface area contributed by atoms with Gasteiger partial charge in [-0.15, -0.1) is 0 Å². The van der Waals surface area contributed by atoms with Crippen LogP contribution in [0.1, 0.15) is 82.9 Å². The molecule has 6 rings (SSSR count). The number of amides is 8. The van der Waals surface area contributed by atoms with Crippen LogP contribution in [0.3, 0.4) is 0 Å². The molecule has 11 atom stereocenters. The van der Waals surface area contributed by atoms with Crippen molar-refractivity contribution in [1.82, 2.24) is 47.1 Å². The van der Waals surface area contributed by atoms with Gasteiger partial charge in [-0.2, -0.15) is 0 Å². The van der Waals surface area contributed by atoms with Crippen LogP contribution < -0.4 is 37.2 Å². The first-order chi connectivity index (χ1) is 36.8. The molecule has 3 aromatic carbocycles. The van der Waals surface area contributed by atoms with E-state index in [-0.39, 0.29) is 68.9 Å². The molecular formula is C56H75N9O10S2. The van der Waals surface area contributed by atoms with E-state index in [4.69, 9.17) is 0 Å². The van der Waals surface area contributed by atoms with Crippen LogP contribution in [-0.2, 0) is 79.2 Å². The highest BCUT2D eigenvalue weighted by molar-refractivity contribution is 7.84. The third-order valence-corrected chi connectivity index (χ3v) is 15.8. The maximum Gasteiger partial charge on any atom is 0.245 e. The molecule has 2 aliphatic rings. The third-order valence-electron chi connectivity index (χ3n) is 14.2. The molecule has 2 aliphatic heterocycles. The molecule has 416 valence electrons. The van der Waals surface area contributed by atoms with E-state index in [2.05, 4.69) is 42.2 Å². The molecule has 3 heterocycles. The van der Waals surface area contributed by atoms with Gasteiger partial charge in [0.15, 0.2) is 0 Å². The number of para-hydroxylation sites is 1. The fourth-order valence-electron chi connectivity index (χ4n) is 9.72. The van der Waals surface area contributed by atoms with Crippen molar-refractivity contribution in [2.75, 3.05) is 30.6 Å². The van der Waals surface area contributed by atoms with Gasteiger partial charge in [-0.1, -0.05) is 113 Å². The molecule has 8 amide bonds. The zero-order valence-electron chi connectivity index (χ0n) is 44.8. The van der Waals surface area contributed by atoms with Gasteiger partial charge in [-0.05, 0) is 66.7 Å². The lowest BCUT2D eigenvalue weighted by Crippen LogP contribution is -2.62. The summed E-state index contributed by atoms with van der Waals surface area (Å²) in [5.41, 5.74) is 2.81. The van der Waals surface area contributed by atoms with Crippen molar-refractivity contribution < 1.29 is 46.8 Å². The van der Waals surface area contributed by atoms with Crippen molar-refractivity contribution in [3.63, 3.8) is 0 Å². The number of hydrogen-bond donors (Lipinski definition) is 8. The SMILES string of the molecule is CCC(C)[C@@H]1NC(=O)[C@H](Cc2c[nH]c3ccccc23)NC(=O)[C@H](Cc2ccccc2)NC(=O)[C@H](Cc2ccccc2)NC(=O)[C@@H]2CCCN2C(=O)[C@H](CCS(C)=O)NC(=O)[C@H](CC(C)C)NC(=O)[C@H](CCS(C)=O)NC1=O. The van der Waals surface area contributed by atoms with Crippen LogP contribution in [0.5, 0.6) is 0 Å². The second-order valence-electron chi connectivity index (χ2n) is 20.6. The molecule has 4 aromatic rings. The number of aromatic amines is 1. The first-order valence-electron chi connectivity index (χ1n) is 26.5. The summed E-state index contributed by atoms with van der Waals surface area (Å²) in [6.07, 6.45) is 5.47. The molecule has 2 saturated heterocycles. The minimum absolute atomic E-state index is 0.00939. The van der Waals surface area contributed by atoms with E-state index in [1.807, 2.05) is 51.1 Å². The fraction of sp³-hybridized carbons (Fsp3) is 0.500. The van der Waals surface area contributed by atoms with E-state index in [1.165, 1.54) is 17.4 Å². The number of fused-ring (bicyclic) bond motifs is 2. The number of H-pyrrole nitrogens is 1. The van der Waals surface area contributed by atoms with Gasteiger partial charge >= 0.3 is 0 Å². The summed E-state index contributed by atoms with van der Waals surface area (Å²) in [5.74, 6) is -6.41. The second-order valence-corrected chi connectivity index (χ2v) is 23.7. The molecule has 8 N–H and O–H groups in total. The normalized spacial score (nSPS) is 25.0. The van der Waals surface area contributed by atoms with Crippen LogP contribution in [0.2, 0.25) is 0 Å². The molecule has 0 bridgehead atoms. The van der Waals surface area contributed by atoms with Crippen LogP contribution in [-0.4, -0.2) is 144 Å². The average molecular weight is 1100 g/mol. The fourth-order valence-corrected chi connectivity index (χ4v) is 10.9. The molecule has 1 aromatic heterocycles. The van der Waals surface area contributed by atoms with Crippen molar-refractivity contribution in [2.45, 2.75) is 134 Å². The van der Waals surface area contributed by atoms with E-state index in [0.29, 0.717) is 29.5 Å². The Bertz CT molecular complexity index is 2760. The van der Waals surface area contributed by atoms with Gasteiger partial charge < -0.3 is 47.1 Å². The third kappa shape index (κ3) is 17.1. The zero-order valence-corrected chi connectivity index (χ0v) is 46.4. The van der Waals surface area contributed by atoms with Gasteiger partial charge in [-0.3, -0.25) is 46.8 Å². The number of carbonyl (C=O) groups excluding carboxylic acids is 8. The van der Waals surface area contributed by atoms with Crippen molar-refractivity contribution in [1.29, 1.82) is 0 Å². The molecule has 0 spiro atoms. The Hall–Kier alpha value is -6.74. The van der Waals surface area contributed by atoms with E-state index >= 15 is 0 Å². The Morgan fingerprint density at radius 3 is 1.58 bits per heavy atom. The maximum absolute atomic E-state index is 15.0. The molecule has 0 radical (unpaired) electrons. The van der Waals surface area contributed by atoms with Gasteiger partial charge in [-0.25, -0.2) is 0 Å². The molecule has 2 fully saturated rings. The van der Waals surface area contributed by atoms with Crippen molar-refractivity contribution in [2.24, 2.45) is 11.8 Å². The number of hydrogen-bond acceptors (Lipinski definition) is 10. The quantitative estimate of drug-likeness (QED) is 0.0811. The lowest BCUT2D eigenvalue weighted by molar-refractivity contribution is -0.142. The summed E-state index contributed by atoms with van der Waals surface area (Å²) in [6.45, 7) is 7.38. The Kier molecular flexibility index (Phi) is 22.1. The first-order valence-corrected chi connectivity index (χ1v) is 29.9. The van der Waals surface area contributed by atoms with E-state index < -0.39 is 123 Å². The van der Waals surface area contributed by atoms with E-state index in [0.717, 1.165) is 10.9 Å². The van der Waals surface area contributed by atoms with Crippen LogP contribution in [0, 0.1) is 11.8 Å². The predicted molar refractivity (Wildman–Crippen MR) is 297 cm³/mol. The number of aromatic nitrogens is 1. The van der Waals surface area contributed by atoms with Gasteiger partial charge in [0.05, 0.1) is 0 Å². The summed E-state index contributed by atoms with van der Waals surface area (Å²) < 4.78 is 25.0. The standard InChI is InChI=1S/C56H75N9O10S2/c1-7-35(4)48-55(72)58-41(24-27-76(5)74)49(66)60-43(29-34(2)3)50(67)59-42(25-28-77(6)75)56(73)65-26-16-23-47(65)54(71)63-45(31-37-19-12-9-13-20-37)52(69)61-44(30-36-17-10-8-11-18-36)51(68)62-46(53(70)64-48)32-38-33-57-40-22-15-14-21-39(38)40/h8-15,17-22,33-35,41-48,57H,7,16,23-32H2,1-6H3,(H,58,72)(H,59,67)(H,60,66)(H,61,69)(H,62,68)(H,63,71)(H,64,70)/t35?,41-,42-,43-,44-,45-,46-,47-,48-,76?,77?/m0/s1. The molecule has 3 unspecified atom stereocenters. The summed E-state index contributed by atoms with van der Waals surface area (Å²) in [7, 11) is -2.82. The minimum Gasteiger partial charge on any atom is -0.361 e. The molecule has 0 saturated carbocycles. The van der Waals surface area contributed by atoms with E-state index in [1.54, 1.807) is 67.7 Å². The second kappa shape index (κ2) is 28.6. The first kappa shape index (κ1) is 59.5. The Balaban J connectivity index is 1.46. The van der Waals surface area contributed by atoms with Crippen LogP contribution in [0.15, 0.2) is 91.1 Å². The summed E-state index contributed by atoms with van der Waals surface area (Å²) in [4.78, 5) is 122. The Labute approximate surface area is 455 Å².